The Morgan fingerprint density at radius 2 is 2.13 bits per heavy atom. The van der Waals surface area contributed by atoms with E-state index in [2.05, 4.69) is 10.5 Å². The molecule has 1 heterocycles. The Labute approximate surface area is 90.6 Å². The number of pyridine rings is 1. The van der Waals surface area contributed by atoms with Gasteiger partial charge in [-0.15, -0.1) is 0 Å². The summed E-state index contributed by atoms with van der Waals surface area (Å²) in [4.78, 5) is 9.40. The standard InChI is InChI=1S/C11H18N2O2/c1-5-15-13-7-10-9(3)11(14-4)8(2)6-12-10/h6,13H,5,7H2,1-4H3. The van der Waals surface area contributed by atoms with Gasteiger partial charge in [-0.1, -0.05) is 0 Å². The van der Waals surface area contributed by atoms with E-state index >= 15 is 0 Å². The number of aromatic nitrogens is 1. The first kappa shape index (κ1) is 11.9. The number of methoxy groups -OCH3 is 1. The van der Waals surface area contributed by atoms with Crippen molar-refractivity contribution in [2.75, 3.05) is 13.7 Å². The fourth-order valence-electron chi connectivity index (χ4n) is 1.47. The SMILES string of the molecule is CCONCc1ncc(C)c(OC)c1C. The van der Waals surface area contributed by atoms with Crippen LogP contribution in [0.5, 0.6) is 5.75 Å². The second-order valence-corrected chi connectivity index (χ2v) is 3.30. The summed E-state index contributed by atoms with van der Waals surface area (Å²) in [5, 5.41) is 0. The van der Waals surface area contributed by atoms with Crippen molar-refractivity contribution in [2.45, 2.75) is 27.3 Å². The fourth-order valence-corrected chi connectivity index (χ4v) is 1.47. The van der Waals surface area contributed by atoms with E-state index < -0.39 is 0 Å². The van der Waals surface area contributed by atoms with Crippen molar-refractivity contribution in [1.82, 2.24) is 10.5 Å². The van der Waals surface area contributed by atoms with Gasteiger partial charge in [-0.3, -0.25) is 4.98 Å². The van der Waals surface area contributed by atoms with Crippen LogP contribution in [-0.4, -0.2) is 18.7 Å². The molecule has 0 fully saturated rings. The van der Waals surface area contributed by atoms with Gasteiger partial charge in [-0.05, 0) is 20.8 Å². The molecule has 1 aromatic heterocycles. The molecule has 0 amide bonds. The molecular weight excluding hydrogens is 192 g/mol. The van der Waals surface area contributed by atoms with E-state index in [9.17, 15) is 0 Å². The molecule has 1 rings (SSSR count). The van der Waals surface area contributed by atoms with Crippen molar-refractivity contribution in [3.63, 3.8) is 0 Å². The average molecular weight is 210 g/mol. The van der Waals surface area contributed by atoms with Crippen molar-refractivity contribution in [1.29, 1.82) is 0 Å². The molecule has 1 aromatic rings. The van der Waals surface area contributed by atoms with Gasteiger partial charge < -0.3 is 9.57 Å². The van der Waals surface area contributed by atoms with Gasteiger partial charge >= 0.3 is 0 Å². The Hall–Kier alpha value is -1.13. The Morgan fingerprint density at radius 1 is 1.40 bits per heavy atom. The molecule has 0 saturated carbocycles. The van der Waals surface area contributed by atoms with Crippen molar-refractivity contribution < 1.29 is 9.57 Å². The first-order valence-corrected chi connectivity index (χ1v) is 5.04. The molecule has 4 heteroatoms. The molecule has 0 atom stereocenters. The Bertz CT molecular complexity index is 327. The lowest BCUT2D eigenvalue weighted by Crippen LogP contribution is -2.16. The lowest BCUT2D eigenvalue weighted by atomic mass is 10.1. The van der Waals surface area contributed by atoms with Crippen LogP contribution in [0.1, 0.15) is 23.7 Å². The predicted octanol–water partition coefficient (Wildman–Crippen LogP) is 1.75. The number of hydrogen-bond acceptors (Lipinski definition) is 4. The second kappa shape index (κ2) is 5.68. The Kier molecular flexibility index (Phi) is 4.52. The zero-order chi connectivity index (χ0) is 11.3. The molecule has 0 aliphatic heterocycles. The van der Waals surface area contributed by atoms with Gasteiger partial charge in [0.25, 0.3) is 0 Å². The van der Waals surface area contributed by atoms with Crippen LogP contribution in [0, 0.1) is 13.8 Å². The highest BCUT2D eigenvalue weighted by Crippen LogP contribution is 2.23. The maximum Gasteiger partial charge on any atom is 0.128 e. The topological polar surface area (TPSA) is 43.4 Å². The number of hydroxylamine groups is 1. The molecule has 0 saturated heterocycles. The van der Waals surface area contributed by atoms with Crippen molar-refractivity contribution in [2.24, 2.45) is 0 Å². The van der Waals surface area contributed by atoms with Gasteiger partial charge in [0.1, 0.15) is 5.75 Å². The summed E-state index contributed by atoms with van der Waals surface area (Å²) >= 11 is 0. The molecule has 15 heavy (non-hydrogen) atoms. The van der Waals surface area contributed by atoms with Crippen LogP contribution in [0.4, 0.5) is 0 Å². The van der Waals surface area contributed by atoms with Gasteiger partial charge in [0.05, 0.1) is 26.0 Å². The Balaban J connectivity index is 2.80. The van der Waals surface area contributed by atoms with Crippen LogP contribution in [0.2, 0.25) is 0 Å². The van der Waals surface area contributed by atoms with Gasteiger partial charge in [-0.2, -0.15) is 5.48 Å². The predicted molar refractivity (Wildman–Crippen MR) is 58.7 cm³/mol. The van der Waals surface area contributed by atoms with Crippen LogP contribution in [0.3, 0.4) is 0 Å². The monoisotopic (exact) mass is 210 g/mol. The summed E-state index contributed by atoms with van der Waals surface area (Å²) in [5.74, 6) is 0.901. The normalized spacial score (nSPS) is 10.4. The van der Waals surface area contributed by atoms with Crippen LogP contribution >= 0.6 is 0 Å². The molecule has 0 unspecified atom stereocenters. The number of rotatable bonds is 5. The minimum absolute atomic E-state index is 0.594. The molecule has 4 nitrogen and oxygen atoms in total. The number of ether oxygens (including phenoxy) is 1. The summed E-state index contributed by atoms with van der Waals surface area (Å²) in [5.41, 5.74) is 5.91. The molecular formula is C11H18N2O2. The number of nitrogens with zero attached hydrogens (tertiary/aromatic N) is 1. The third kappa shape index (κ3) is 2.91. The second-order valence-electron chi connectivity index (χ2n) is 3.30. The fraction of sp³-hybridized carbons (Fsp3) is 0.545. The first-order chi connectivity index (χ1) is 7.20. The van der Waals surface area contributed by atoms with Gasteiger partial charge in [0, 0.05) is 17.3 Å². The highest BCUT2D eigenvalue weighted by Gasteiger charge is 2.08. The van der Waals surface area contributed by atoms with E-state index in [4.69, 9.17) is 9.57 Å². The molecule has 1 N–H and O–H groups in total. The highest BCUT2D eigenvalue weighted by molar-refractivity contribution is 5.40. The lowest BCUT2D eigenvalue weighted by molar-refractivity contribution is 0.0454. The molecule has 84 valence electrons. The van der Waals surface area contributed by atoms with E-state index in [-0.39, 0.29) is 0 Å². The molecule has 0 spiro atoms. The smallest absolute Gasteiger partial charge is 0.128 e. The third-order valence-electron chi connectivity index (χ3n) is 2.24. The largest absolute Gasteiger partial charge is 0.496 e. The molecule has 0 aliphatic rings. The third-order valence-corrected chi connectivity index (χ3v) is 2.24. The van der Waals surface area contributed by atoms with Crippen molar-refractivity contribution in [3.8, 4) is 5.75 Å². The van der Waals surface area contributed by atoms with Gasteiger partial charge in [-0.25, -0.2) is 0 Å². The molecule has 0 aromatic carbocycles. The number of hydrogen-bond donors (Lipinski definition) is 1. The zero-order valence-corrected chi connectivity index (χ0v) is 9.76. The van der Waals surface area contributed by atoms with E-state index in [1.807, 2.05) is 27.0 Å². The molecule has 0 bridgehead atoms. The van der Waals surface area contributed by atoms with E-state index in [0.29, 0.717) is 13.2 Å². The average Bonchev–Trinajstić information content (AvgIpc) is 2.22. The van der Waals surface area contributed by atoms with Crippen molar-refractivity contribution >= 4 is 0 Å². The summed E-state index contributed by atoms with van der Waals surface area (Å²) in [7, 11) is 1.68. The van der Waals surface area contributed by atoms with Crippen LogP contribution < -0.4 is 10.2 Å². The number of aryl methyl sites for hydroxylation is 1. The summed E-state index contributed by atoms with van der Waals surface area (Å²) in [6, 6.07) is 0. The van der Waals surface area contributed by atoms with E-state index in [0.717, 1.165) is 22.6 Å². The van der Waals surface area contributed by atoms with E-state index in [1.54, 1.807) is 7.11 Å². The highest BCUT2D eigenvalue weighted by atomic mass is 16.6. The van der Waals surface area contributed by atoms with Crippen LogP contribution in [0.25, 0.3) is 0 Å². The van der Waals surface area contributed by atoms with Crippen LogP contribution in [0.15, 0.2) is 6.20 Å². The Morgan fingerprint density at radius 3 is 2.73 bits per heavy atom. The van der Waals surface area contributed by atoms with Crippen molar-refractivity contribution in [3.05, 3.63) is 23.0 Å². The minimum atomic E-state index is 0.594. The lowest BCUT2D eigenvalue weighted by Gasteiger charge is -2.12. The molecule has 0 aliphatic carbocycles. The quantitative estimate of drug-likeness (QED) is 0.594. The zero-order valence-electron chi connectivity index (χ0n) is 9.76. The first-order valence-electron chi connectivity index (χ1n) is 5.04. The number of nitrogens with one attached hydrogen (secondary N) is 1. The summed E-state index contributed by atoms with van der Waals surface area (Å²) < 4.78 is 5.31. The summed E-state index contributed by atoms with van der Waals surface area (Å²) in [6.45, 7) is 7.15. The maximum absolute atomic E-state index is 5.31. The van der Waals surface area contributed by atoms with Gasteiger partial charge in [0.2, 0.25) is 0 Å². The van der Waals surface area contributed by atoms with Crippen LogP contribution in [-0.2, 0) is 11.4 Å². The summed E-state index contributed by atoms with van der Waals surface area (Å²) in [6.07, 6.45) is 1.81. The maximum atomic E-state index is 5.31. The van der Waals surface area contributed by atoms with Gasteiger partial charge in [0.15, 0.2) is 0 Å². The van der Waals surface area contributed by atoms with E-state index in [1.165, 1.54) is 0 Å². The minimum Gasteiger partial charge on any atom is -0.496 e. The molecule has 0 radical (unpaired) electrons.